The Bertz CT molecular complexity index is 704. The number of halogens is 1. The van der Waals surface area contributed by atoms with E-state index in [1.54, 1.807) is 6.92 Å². The average molecular weight is 405 g/mol. The maximum absolute atomic E-state index is 12.4. The van der Waals surface area contributed by atoms with Crippen LogP contribution in [0.2, 0.25) is 0 Å². The molecule has 0 aliphatic rings. The van der Waals surface area contributed by atoms with Gasteiger partial charge >= 0.3 is 0 Å². The maximum atomic E-state index is 12.4. The van der Waals surface area contributed by atoms with Crippen molar-refractivity contribution in [3.05, 3.63) is 64.1 Å². The summed E-state index contributed by atoms with van der Waals surface area (Å²) in [4.78, 5) is 14.5. The van der Waals surface area contributed by atoms with Crippen LogP contribution >= 0.6 is 15.9 Å². The van der Waals surface area contributed by atoms with E-state index >= 15 is 0 Å². The second kappa shape index (κ2) is 9.02. The van der Waals surface area contributed by atoms with Gasteiger partial charge in [-0.1, -0.05) is 36.4 Å². The summed E-state index contributed by atoms with van der Waals surface area (Å²) >= 11 is 3.47. The van der Waals surface area contributed by atoms with Crippen LogP contribution < -0.4 is 10.1 Å². The number of carbonyl (C=O) groups excluding carboxylic acids is 1. The second-order valence-electron chi connectivity index (χ2n) is 6.33. The van der Waals surface area contributed by atoms with Gasteiger partial charge in [-0.2, -0.15) is 0 Å². The molecule has 2 aromatic carbocycles. The number of nitrogens with one attached hydrogen (secondary N) is 1. The monoisotopic (exact) mass is 404 g/mol. The third kappa shape index (κ3) is 5.58. The lowest BCUT2D eigenvalue weighted by Crippen LogP contribution is -2.41. The Labute approximate surface area is 158 Å². The first-order valence-corrected chi connectivity index (χ1v) is 9.09. The van der Waals surface area contributed by atoms with Crippen molar-refractivity contribution in [1.29, 1.82) is 0 Å². The number of hydrogen-bond acceptors (Lipinski definition) is 3. The van der Waals surface area contributed by atoms with Crippen LogP contribution in [0.4, 0.5) is 0 Å². The Balaban J connectivity index is 1.96. The summed E-state index contributed by atoms with van der Waals surface area (Å²) in [5, 5.41) is 2.99. The zero-order valence-electron chi connectivity index (χ0n) is 15.1. The summed E-state index contributed by atoms with van der Waals surface area (Å²) in [7, 11) is 4.01. The highest BCUT2D eigenvalue weighted by molar-refractivity contribution is 9.10. The molecule has 0 saturated heterocycles. The Morgan fingerprint density at radius 1 is 1.20 bits per heavy atom. The maximum Gasteiger partial charge on any atom is 0.260 e. The minimum Gasteiger partial charge on any atom is -0.480 e. The fourth-order valence-electron chi connectivity index (χ4n) is 2.56. The molecule has 0 aliphatic heterocycles. The van der Waals surface area contributed by atoms with E-state index in [2.05, 4.69) is 38.3 Å². The number of nitrogens with zero attached hydrogens (tertiary/aromatic N) is 1. The van der Waals surface area contributed by atoms with Gasteiger partial charge in [0.2, 0.25) is 0 Å². The second-order valence-corrected chi connectivity index (χ2v) is 7.18. The Morgan fingerprint density at radius 2 is 1.88 bits per heavy atom. The molecule has 0 spiro atoms. The Kier molecular flexibility index (Phi) is 7.02. The van der Waals surface area contributed by atoms with E-state index < -0.39 is 6.10 Å². The van der Waals surface area contributed by atoms with Gasteiger partial charge in [0.05, 0.1) is 10.5 Å². The zero-order valence-corrected chi connectivity index (χ0v) is 16.7. The van der Waals surface area contributed by atoms with Crippen molar-refractivity contribution in [2.75, 3.05) is 20.6 Å². The molecule has 5 heteroatoms. The summed E-state index contributed by atoms with van der Waals surface area (Å²) in [6.45, 7) is 4.29. The van der Waals surface area contributed by atoms with Crippen molar-refractivity contribution < 1.29 is 9.53 Å². The molecule has 0 bridgehead atoms. The molecule has 2 rings (SSSR count). The largest absolute Gasteiger partial charge is 0.480 e. The molecule has 0 heterocycles. The van der Waals surface area contributed by atoms with Gasteiger partial charge < -0.3 is 15.0 Å². The highest BCUT2D eigenvalue weighted by Gasteiger charge is 2.19. The van der Waals surface area contributed by atoms with Gasteiger partial charge in [-0.25, -0.2) is 0 Å². The molecule has 25 heavy (non-hydrogen) atoms. The molecule has 134 valence electrons. The van der Waals surface area contributed by atoms with Crippen LogP contribution in [0.5, 0.6) is 5.75 Å². The molecule has 0 fully saturated rings. The van der Waals surface area contributed by atoms with Crippen molar-refractivity contribution in [3.63, 3.8) is 0 Å². The smallest absolute Gasteiger partial charge is 0.260 e. The molecular formula is C20H25BrN2O2. The minimum absolute atomic E-state index is 0.114. The van der Waals surface area contributed by atoms with Crippen molar-refractivity contribution in [3.8, 4) is 5.75 Å². The quantitative estimate of drug-likeness (QED) is 0.759. The standard InChI is InChI=1S/C20H25BrN2O2/c1-14-10-11-19(17(21)12-14)25-15(2)20(24)22-13-18(23(3)4)16-8-6-5-7-9-16/h5-12,15,18H,13H2,1-4H3,(H,22,24). The lowest BCUT2D eigenvalue weighted by Gasteiger charge is -2.26. The zero-order chi connectivity index (χ0) is 18.4. The fourth-order valence-corrected chi connectivity index (χ4v) is 3.15. The van der Waals surface area contributed by atoms with Crippen LogP contribution in [-0.4, -0.2) is 37.6 Å². The van der Waals surface area contributed by atoms with E-state index in [1.807, 2.05) is 57.4 Å². The number of amides is 1. The molecule has 2 unspecified atom stereocenters. The predicted octanol–water partition coefficient (Wildman–Crippen LogP) is 3.94. The summed E-state index contributed by atoms with van der Waals surface area (Å²) in [6.07, 6.45) is -0.572. The van der Waals surface area contributed by atoms with Gasteiger partial charge in [-0.15, -0.1) is 0 Å². The van der Waals surface area contributed by atoms with Gasteiger partial charge in [-0.05, 0) is 67.1 Å². The van der Waals surface area contributed by atoms with E-state index in [0.29, 0.717) is 12.3 Å². The van der Waals surface area contributed by atoms with Crippen molar-refractivity contribution in [1.82, 2.24) is 10.2 Å². The molecule has 2 atom stereocenters. The molecule has 0 aromatic heterocycles. The SMILES string of the molecule is Cc1ccc(OC(C)C(=O)NCC(c2ccccc2)N(C)C)c(Br)c1. The summed E-state index contributed by atoms with van der Waals surface area (Å²) in [6, 6.07) is 16.1. The van der Waals surface area contributed by atoms with Crippen LogP contribution in [0.15, 0.2) is 53.0 Å². The Hall–Kier alpha value is -1.85. The molecular weight excluding hydrogens is 380 g/mol. The lowest BCUT2D eigenvalue weighted by molar-refractivity contribution is -0.127. The summed E-state index contributed by atoms with van der Waals surface area (Å²) in [5.74, 6) is 0.538. The highest BCUT2D eigenvalue weighted by atomic mass is 79.9. The Morgan fingerprint density at radius 3 is 2.48 bits per heavy atom. The van der Waals surface area contributed by atoms with Gasteiger partial charge in [-0.3, -0.25) is 4.79 Å². The first kappa shape index (κ1) is 19.5. The topological polar surface area (TPSA) is 41.6 Å². The number of rotatable bonds is 7. The molecule has 0 saturated carbocycles. The van der Waals surface area contributed by atoms with Crippen molar-refractivity contribution >= 4 is 21.8 Å². The van der Waals surface area contributed by atoms with Gasteiger partial charge in [0.25, 0.3) is 5.91 Å². The lowest BCUT2D eigenvalue weighted by atomic mass is 10.1. The van der Waals surface area contributed by atoms with Crippen molar-refractivity contribution in [2.45, 2.75) is 26.0 Å². The van der Waals surface area contributed by atoms with E-state index in [1.165, 1.54) is 5.56 Å². The molecule has 0 radical (unpaired) electrons. The highest BCUT2D eigenvalue weighted by Crippen LogP contribution is 2.26. The predicted molar refractivity (Wildman–Crippen MR) is 105 cm³/mol. The molecule has 4 nitrogen and oxygen atoms in total. The van der Waals surface area contributed by atoms with Crippen LogP contribution in [-0.2, 0) is 4.79 Å². The molecule has 1 N–H and O–H groups in total. The first-order chi connectivity index (χ1) is 11.9. The number of likely N-dealkylation sites (N-methyl/N-ethyl adjacent to an activating group) is 1. The minimum atomic E-state index is -0.572. The van der Waals surface area contributed by atoms with Crippen LogP contribution in [0.1, 0.15) is 24.1 Å². The van der Waals surface area contributed by atoms with Gasteiger partial charge in [0.15, 0.2) is 6.10 Å². The fraction of sp³-hybridized carbons (Fsp3) is 0.350. The van der Waals surface area contributed by atoms with Gasteiger partial charge in [0, 0.05) is 6.54 Å². The van der Waals surface area contributed by atoms with Crippen LogP contribution in [0.3, 0.4) is 0 Å². The average Bonchev–Trinajstić information content (AvgIpc) is 2.58. The number of hydrogen-bond donors (Lipinski definition) is 1. The number of carbonyl (C=O) groups is 1. The number of ether oxygens (including phenoxy) is 1. The third-order valence-electron chi connectivity index (χ3n) is 4.04. The van der Waals surface area contributed by atoms with Crippen LogP contribution in [0.25, 0.3) is 0 Å². The normalized spacial score (nSPS) is 13.4. The summed E-state index contributed by atoms with van der Waals surface area (Å²) in [5.41, 5.74) is 2.30. The first-order valence-electron chi connectivity index (χ1n) is 8.30. The molecule has 0 aliphatic carbocycles. The van der Waals surface area contributed by atoms with E-state index in [0.717, 1.165) is 10.0 Å². The van der Waals surface area contributed by atoms with Crippen molar-refractivity contribution in [2.24, 2.45) is 0 Å². The van der Waals surface area contributed by atoms with Crippen LogP contribution in [0, 0.1) is 6.92 Å². The van der Waals surface area contributed by atoms with E-state index in [4.69, 9.17) is 4.74 Å². The molecule has 2 aromatic rings. The number of benzene rings is 2. The van der Waals surface area contributed by atoms with E-state index in [-0.39, 0.29) is 11.9 Å². The van der Waals surface area contributed by atoms with Gasteiger partial charge in [0.1, 0.15) is 5.75 Å². The molecule has 1 amide bonds. The van der Waals surface area contributed by atoms with E-state index in [9.17, 15) is 4.79 Å². The third-order valence-corrected chi connectivity index (χ3v) is 4.66. The number of aryl methyl sites for hydroxylation is 1. The summed E-state index contributed by atoms with van der Waals surface area (Å²) < 4.78 is 6.64.